The first-order valence-electron chi connectivity index (χ1n) is 15.9. The molecule has 0 aliphatic carbocycles. The molecule has 222 valence electrons. The smallest absolute Gasteiger partial charge is 0.0998 e. The van der Waals surface area contributed by atoms with Gasteiger partial charge in [-0.15, -0.1) is 0 Å². The standard InChI is InChI=1S/C44H26N4/c45-27-29-19-24-42-38(25-29)37-14-3-6-17-41(37)48(42)43-18-8-10-33(28-46)44(43)31-22-20-30(21-23-31)32-9-7-11-34(26-32)47-39-15-4-1-12-35(39)36-13-2-5-16-40(36)47/h1-26H. The molecule has 0 saturated heterocycles. The lowest BCUT2D eigenvalue weighted by molar-refractivity contribution is 1.18. The molecule has 0 fully saturated rings. The van der Waals surface area contributed by atoms with Gasteiger partial charge in [-0.2, -0.15) is 10.5 Å². The molecule has 0 amide bonds. The zero-order valence-corrected chi connectivity index (χ0v) is 25.8. The molecule has 2 aromatic heterocycles. The van der Waals surface area contributed by atoms with E-state index in [-0.39, 0.29) is 0 Å². The molecule has 9 aromatic rings. The van der Waals surface area contributed by atoms with E-state index in [1.54, 1.807) is 0 Å². The van der Waals surface area contributed by atoms with Crippen LogP contribution in [0.1, 0.15) is 11.1 Å². The fourth-order valence-corrected chi connectivity index (χ4v) is 7.28. The third kappa shape index (κ3) is 4.14. The molecule has 0 spiro atoms. The molecule has 0 saturated carbocycles. The Morgan fingerprint density at radius 3 is 1.65 bits per heavy atom. The van der Waals surface area contributed by atoms with Gasteiger partial charge in [-0.25, -0.2) is 0 Å². The molecule has 9 rings (SSSR count). The number of fused-ring (bicyclic) bond motifs is 6. The predicted octanol–water partition coefficient (Wildman–Crippen LogP) is 11.0. The molecular formula is C44H26N4. The molecule has 0 N–H and O–H groups in total. The Morgan fingerprint density at radius 2 is 0.979 bits per heavy atom. The first kappa shape index (κ1) is 27.4. The summed E-state index contributed by atoms with van der Waals surface area (Å²) < 4.78 is 4.55. The molecule has 0 unspecified atom stereocenters. The van der Waals surface area contributed by atoms with Gasteiger partial charge in [-0.3, -0.25) is 0 Å². The van der Waals surface area contributed by atoms with E-state index in [4.69, 9.17) is 0 Å². The van der Waals surface area contributed by atoms with Gasteiger partial charge in [0.2, 0.25) is 0 Å². The highest BCUT2D eigenvalue weighted by atomic mass is 15.0. The summed E-state index contributed by atoms with van der Waals surface area (Å²) in [5.41, 5.74) is 11.7. The molecular weight excluding hydrogens is 585 g/mol. The van der Waals surface area contributed by atoms with Crippen LogP contribution in [0, 0.1) is 22.7 Å². The van der Waals surface area contributed by atoms with Gasteiger partial charge in [-0.1, -0.05) is 97.1 Å². The van der Waals surface area contributed by atoms with E-state index in [0.717, 1.165) is 55.4 Å². The summed E-state index contributed by atoms with van der Waals surface area (Å²) in [4.78, 5) is 0. The molecule has 48 heavy (non-hydrogen) atoms. The topological polar surface area (TPSA) is 57.4 Å². The van der Waals surface area contributed by atoms with Gasteiger partial charge in [0.1, 0.15) is 0 Å². The summed E-state index contributed by atoms with van der Waals surface area (Å²) in [5, 5.41) is 24.5. The van der Waals surface area contributed by atoms with Crippen molar-refractivity contribution in [3.05, 3.63) is 169 Å². The Hall–Kier alpha value is -6.88. The molecule has 0 radical (unpaired) electrons. The monoisotopic (exact) mass is 610 g/mol. The van der Waals surface area contributed by atoms with Crippen LogP contribution < -0.4 is 0 Å². The zero-order valence-electron chi connectivity index (χ0n) is 25.8. The van der Waals surface area contributed by atoms with E-state index >= 15 is 0 Å². The Morgan fingerprint density at radius 1 is 0.396 bits per heavy atom. The second-order valence-corrected chi connectivity index (χ2v) is 12.0. The number of hydrogen-bond acceptors (Lipinski definition) is 2. The Bertz CT molecular complexity index is 2750. The number of hydrogen-bond donors (Lipinski definition) is 0. The summed E-state index contributed by atoms with van der Waals surface area (Å²) in [6, 6.07) is 59.0. The van der Waals surface area contributed by atoms with Crippen molar-refractivity contribution in [2.45, 2.75) is 0 Å². The molecule has 0 aliphatic heterocycles. The maximum atomic E-state index is 10.3. The van der Waals surface area contributed by atoms with Crippen molar-refractivity contribution in [1.29, 1.82) is 10.5 Å². The SMILES string of the molecule is N#Cc1ccc2c(c1)c1ccccc1n2-c1cccc(C#N)c1-c1ccc(-c2cccc(-n3c4ccccc4c4ccccc43)c2)cc1. The summed E-state index contributed by atoms with van der Waals surface area (Å²) in [6.07, 6.45) is 0. The van der Waals surface area contributed by atoms with Crippen molar-refractivity contribution in [3.8, 4) is 45.8 Å². The third-order valence-corrected chi connectivity index (χ3v) is 9.40. The van der Waals surface area contributed by atoms with Gasteiger partial charge < -0.3 is 9.13 Å². The second kappa shape index (κ2) is 10.9. The van der Waals surface area contributed by atoms with Crippen LogP contribution >= 0.6 is 0 Å². The van der Waals surface area contributed by atoms with Gasteiger partial charge in [-0.05, 0) is 77.4 Å². The van der Waals surface area contributed by atoms with Crippen molar-refractivity contribution in [2.75, 3.05) is 0 Å². The van der Waals surface area contributed by atoms with Crippen molar-refractivity contribution in [3.63, 3.8) is 0 Å². The average Bonchev–Trinajstić information content (AvgIpc) is 3.67. The Kier molecular flexibility index (Phi) is 6.22. The second-order valence-electron chi connectivity index (χ2n) is 12.0. The molecule has 4 nitrogen and oxygen atoms in total. The normalized spacial score (nSPS) is 11.3. The minimum atomic E-state index is 0.605. The highest BCUT2D eigenvalue weighted by Crippen LogP contribution is 2.39. The van der Waals surface area contributed by atoms with Gasteiger partial charge in [0.15, 0.2) is 0 Å². The molecule has 7 aromatic carbocycles. The van der Waals surface area contributed by atoms with Crippen LogP contribution in [0.15, 0.2) is 158 Å². The van der Waals surface area contributed by atoms with E-state index in [9.17, 15) is 10.5 Å². The van der Waals surface area contributed by atoms with E-state index < -0.39 is 0 Å². The summed E-state index contributed by atoms with van der Waals surface area (Å²) in [6.45, 7) is 0. The highest BCUT2D eigenvalue weighted by molar-refractivity contribution is 6.11. The van der Waals surface area contributed by atoms with Gasteiger partial charge >= 0.3 is 0 Å². The number of aromatic nitrogens is 2. The lowest BCUT2D eigenvalue weighted by Crippen LogP contribution is -1.99. The van der Waals surface area contributed by atoms with Crippen LogP contribution in [0.4, 0.5) is 0 Å². The molecule has 0 bridgehead atoms. The minimum Gasteiger partial charge on any atom is -0.309 e. The van der Waals surface area contributed by atoms with Crippen LogP contribution in [0.5, 0.6) is 0 Å². The third-order valence-electron chi connectivity index (χ3n) is 9.40. The van der Waals surface area contributed by atoms with Crippen LogP contribution in [0.2, 0.25) is 0 Å². The first-order valence-corrected chi connectivity index (χ1v) is 15.9. The lowest BCUT2D eigenvalue weighted by Gasteiger charge is -2.16. The maximum Gasteiger partial charge on any atom is 0.0998 e. The predicted molar refractivity (Wildman–Crippen MR) is 195 cm³/mol. The zero-order chi connectivity index (χ0) is 32.2. The van der Waals surface area contributed by atoms with Gasteiger partial charge in [0.25, 0.3) is 0 Å². The van der Waals surface area contributed by atoms with Crippen molar-refractivity contribution in [2.24, 2.45) is 0 Å². The van der Waals surface area contributed by atoms with Gasteiger partial charge in [0, 0.05) is 32.8 Å². The summed E-state index contributed by atoms with van der Waals surface area (Å²) in [5.74, 6) is 0. The lowest BCUT2D eigenvalue weighted by atomic mass is 9.95. The Labute approximate surface area is 277 Å². The molecule has 0 atom stereocenters. The van der Waals surface area contributed by atoms with E-state index in [1.807, 2.05) is 42.5 Å². The minimum absolute atomic E-state index is 0.605. The van der Waals surface area contributed by atoms with E-state index in [2.05, 4.69) is 137 Å². The molecule has 0 aliphatic rings. The summed E-state index contributed by atoms with van der Waals surface area (Å²) >= 11 is 0. The summed E-state index contributed by atoms with van der Waals surface area (Å²) in [7, 11) is 0. The Balaban J connectivity index is 1.18. The van der Waals surface area contributed by atoms with Crippen LogP contribution in [-0.4, -0.2) is 9.13 Å². The number of rotatable bonds is 4. The van der Waals surface area contributed by atoms with E-state index in [1.165, 1.54) is 21.8 Å². The highest BCUT2D eigenvalue weighted by Gasteiger charge is 2.19. The fourth-order valence-electron chi connectivity index (χ4n) is 7.28. The van der Waals surface area contributed by atoms with Gasteiger partial charge in [0.05, 0.1) is 51.0 Å². The van der Waals surface area contributed by atoms with Crippen LogP contribution in [-0.2, 0) is 0 Å². The average molecular weight is 611 g/mol. The maximum absolute atomic E-state index is 10.3. The van der Waals surface area contributed by atoms with E-state index in [0.29, 0.717) is 11.1 Å². The van der Waals surface area contributed by atoms with Crippen LogP contribution in [0.25, 0.3) is 77.2 Å². The van der Waals surface area contributed by atoms with Crippen molar-refractivity contribution < 1.29 is 0 Å². The number of para-hydroxylation sites is 3. The van der Waals surface area contributed by atoms with Crippen molar-refractivity contribution in [1.82, 2.24) is 9.13 Å². The molecule has 2 heterocycles. The largest absolute Gasteiger partial charge is 0.309 e. The molecule has 4 heteroatoms. The number of benzene rings is 7. The quantitative estimate of drug-likeness (QED) is 0.199. The number of nitrogens with zero attached hydrogens (tertiary/aromatic N) is 4. The van der Waals surface area contributed by atoms with Crippen molar-refractivity contribution >= 4 is 43.6 Å². The first-order chi connectivity index (χ1) is 23.7. The van der Waals surface area contributed by atoms with Crippen LogP contribution in [0.3, 0.4) is 0 Å². The fraction of sp³-hybridized carbons (Fsp3) is 0. The number of nitriles is 2.